The summed E-state index contributed by atoms with van der Waals surface area (Å²) in [6, 6.07) is 11.6. The van der Waals surface area contributed by atoms with Gasteiger partial charge >= 0.3 is 0 Å². The topological polar surface area (TPSA) is 102 Å². The molecule has 8 nitrogen and oxygen atoms in total. The van der Waals surface area contributed by atoms with Gasteiger partial charge in [-0.15, -0.1) is 11.3 Å². The van der Waals surface area contributed by atoms with Crippen molar-refractivity contribution in [2.75, 3.05) is 38.1 Å². The van der Waals surface area contributed by atoms with E-state index in [1.807, 2.05) is 17.0 Å². The second kappa shape index (κ2) is 10.6. The summed E-state index contributed by atoms with van der Waals surface area (Å²) in [5.41, 5.74) is 2.45. The molecular formula is C26H26FN5O3S. The number of aromatic amines is 1. The maximum Gasteiger partial charge on any atom is 0.282 e. The van der Waals surface area contributed by atoms with Crippen molar-refractivity contribution in [2.45, 2.75) is 12.5 Å². The second-order valence-electron chi connectivity index (χ2n) is 8.70. The molecule has 2 amide bonds. The third-order valence-electron chi connectivity index (χ3n) is 6.47. The van der Waals surface area contributed by atoms with Gasteiger partial charge in [0.25, 0.3) is 5.91 Å². The number of halogens is 1. The van der Waals surface area contributed by atoms with Gasteiger partial charge in [0, 0.05) is 78.6 Å². The molecule has 0 aliphatic carbocycles. The third-order valence-corrected chi connectivity index (χ3v) is 7.23. The number of anilines is 1. The summed E-state index contributed by atoms with van der Waals surface area (Å²) in [6.45, 7) is 1.95. The smallest absolute Gasteiger partial charge is 0.282 e. The summed E-state index contributed by atoms with van der Waals surface area (Å²) < 4.78 is 14.5. The number of amides is 2. The summed E-state index contributed by atoms with van der Waals surface area (Å²) >= 11 is 1.32. The predicted molar refractivity (Wildman–Crippen MR) is 137 cm³/mol. The predicted octanol–water partition coefficient (Wildman–Crippen LogP) is 3.58. The van der Waals surface area contributed by atoms with E-state index in [2.05, 4.69) is 15.3 Å². The molecule has 0 radical (unpaired) electrons. The first kappa shape index (κ1) is 24.1. The van der Waals surface area contributed by atoms with E-state index in [1.165, 1.54) is 17.4 Å². The van der Waals surface area contributed by atoms with Crippen molar-refractivity contribution in [2.24, 2.45) is 0 Å². The first-order valence-corrected chi connectivity index (χ1v) is 12.6. The Balaban J connectivity index is 1.25. The molecule has 2 aromatic heterocycles. The van der Waals surface area contributed by atoms with Crippen molar-refractivity contribution >= 4 is 39.7 Å². The van der Waals surface area contributed by atoms with E-state index in [-0.39, 0.29) is 36.7 Å². The average molecular weight is 508 g/mol. The minimum absolute atomic E-state index is 0.0891. The van der Waals surface area contributed by atoms with Crippen LogP contribution in [0.4, 0.5) is 10.1 Å². The summed E-state index contributed by atoms with van der Waals surface area (Å²) in [7, 11) is 0. The number of piperazine rings is 1. The molecule has 5 rings (SSSR count). The number of aromatic nitrogens is 2. The van der Waals surface area contributed by atoms with Crippen LogP contribution in [0, 0.1) is 5.82 Å². The standard InChI is InChI=1S/C26H26FN5O3S/c27-22-4-2-1-3-20(22)21-14-18(13-17-5-6-28-24(17)21)30-23(34)15-19(16-33)31-8-10-32(11-9-31)26(35)25-29-7-12-36-25/h1-7,12-14,19,28,33H,8-11,15-16H2,(H,30,34). The zero-order valence-electron chi connectivity index (χ0n) is 19.5. The molecule has 3 heterocycles. The van der Waals surface area contributed by atoms with E-state index in [0.717, 1.165) is 10.9 Å². The number of hydrogen-bond donors (Lipinski definition) is 3. The molecule has 1 unspecified atom stereocenters. The number of benzene rings is 2. The number of carbonyl (C=O) groups excluding carboxylic acids is 2. The normalized spacial score (nSPS) is 15.2. The van der Waals surface area contributed by atoms with Gasteiger partial charge in [-0.2, -0.15) is 0 Å². The lowest BCUT2D eigenvalue weighted by atomic mass is 10.0. The molecule has 186 valence electrons. The van der Waals surface area contributed by atoms with Gasteiger partial charge in [-0.05, 0) is 24.3 Å². The summed E-state index contributed by atoms with van der Waals surface area (Å²) in [5, 5.41) is 16.0. The number of aliphatic hydroxyl groups excluding tert-OH is 1. The Hall–Kier alpha value is -3.60. The quantitative estimate of drug-likeness (QED) is 0.355. The fourth-order valence-electron chi connectivity index (χ4n) is 4.63. The van der Waals surface area contributed by atoms with Crippen LogP contribution in [-0.2, 0) is 4.79 Å². The molecule has 1 aliphatic heterocycles. The van der Waals surface area contributed by atoms with Crippen molar-refractivity contribution < 1.29 is 19.1 Å². The zero-order valence-corrected chi connectivity index (χ0v) is 20.3. The lowest BCUT2D eigenvalue weighted by Gasteiger charge is -2.38. The molecule has 0 saturated carbocycles. The third kappa shape index (κ3) is 5.01. The SMILES string of the molecule is O=C(CC(CO)N1CCN(C(=O)c2nccs2)CC1)Nc1cc(-c2ccccc2F)c2[nH]ccc2c1. The van der Waals surface area contributed by atoms with Gasteiger partial charge < -0.3 is 20.3 Å². The van der Waals surface area contributed by atoms with E-state index in [9.17, 15) is 19.1 Å². The Morgan fingerprint density at radius 2 is 1.94 bits per heavy atom. The van der Waals surface area contributed by atoms with Crippen LogP contribution in [0.25, 0.3) is 22.0 Å². The van der Waals surface area contributed by atoms with Crippen molar-refractivity contribution in [3.05, 3.63) is 71.1 Å². The Bertz CT molecular complexity index is 1370. The highest BCUT2D eigenvalue weighted by Gasteiger charge is 2.28. The number of hydrogen-bond acceptors (Lipinski definition) is 6. The number of nitrogens with one attached hydrogen (secondary N) is 2. The van der Waals surface area contributed by atoms with Crippen molar-refractivity contribution in [3.8, 4) is 11.1 Å². The lowest BCUT2D eigenvalue weighted by molar-refractivity contribution is -0.118. The van der Waals surface area contributed by atoms with E-state index in [4.69, 9.17) is 0 Å². The molecule has 1 aliphatic rings. The summed E-state index contributed by atoms with van der Waals surface area (Å²) in [5.74, 6) is -0.678. The van der Waals surface area contributed by atoms with Gasteiger partial charge in [-0.1, -0.05) is 18.2 Å². The number of thiazole rings is 1. The van der Waals surface area contributed by atoms with E-state index in [1.54, 1.807) is 46.9 Å². The molecule has 36 heavy (non-hydrogen) atoms. The van der Waals surface area contributed by atoms with Crippen LogP contribution in [0.5, 0.6) is 0 Å². The number of H-pyrrole nitrogens is 1. The van der Waals surface area contributed by atoms with Gasteiger partial charge in [0.05, 0.1) is 12.1 Å². The van der Waals surface area contributed by atoms with Crippen LogP contribution in [0.2, 0.25) is 0 Å². The van der Waals surface area contributed by atoms with Crippen LogP contribution in [0.1, 0.15) is 16.2 Å². The second-order valence-corrected chi connectivity index (χ2v) is 9.59. The largest absolute Gasteiger partial charge is 0.395 e. The van der Waals surface area contributed by atoms with Gasteiger partial charge in [0.2, 0.25) is 5.91 Å². The molecule has 3 N–H and O–H groups in total. The molecule has 10 heteroatoms. The zero-order chi connectivity index (χ0) is 25.1. The fourth-order valence-corrected chi connectivity index (χ4v) is 5.23. The van der Waals surface area contributed by atoms with Gasteiger partial charge in [-0.25, -0.2) is 9.37 Å². The summed E-state index contributed by atoms with van der Waals surface area (Å²) in [6.07, 6.45) is 3.49. The van der Waals surface area contributed by atoms with Crippen molar-refractivity contribution in [1.82, 2.24) is 19.8 Å². The Kier molecular flexibility index (Phi) is 7.08. The molecule has 0 spiro atoms. The number of aliphatic hydroxyl groups is 1. The maximum atomic E-state index is 14.5. The van der Waals surface area contributed by atoms with Crippen LogP contribution >= 0.6 is 11.3 Å². The number of rotatable bonds is 7. The molecule has 4 aromatic rings. The minimum atomic E-state index is -0.371. The van der Waals surface area contributed by atoms with Crippen LogP contribution < -0.4 is 5.32 Å². The first-order valence-electron chi connectivity index (χ1n) is 11.7. The minimum Gasteiger partial charge on any atom is -0.395 e. The molecule has 1 fully saturated rings. The molecule has 2 aromatic carbocycles. The monoisotopic (exact) mass is 507 g/mol. The average Bonchev–Trinajstić information content (AvgIpc) is 3.59. The highest BCUT2D eigenvalue weighted by atomic mass is 32.1. The Labute approximate surface area is 211 Å². The van der Waals surface area contributed by atoms with Crippen molar-refractivity contribution in [1.29, 1.82) is 0 Å². The van der Waals surface area contributed by atoms with E-state index in [0.29, 0.717) is 48.0 Å². The van der Waals surface area contributed by atoms with Crippen LogP contribution in [-0.4, -0.2) is 75.5 Å². The van der Waals surface area contributed by atoms with Gasteiger partial charge in [-0.3, -0.25) is 14.5 Å². The highest BCUT2D eigenvalue weighted by Crippen LogP contribution is 2.33. The molecule has 1 saturated heterocycles. The first-order chi connectivity index (χ1) is 17.5. The fraction of sp³-hybridized carbons (Fsp3) is 0.269. The molecule has 0 bridgehead atoms. The number of carbonyl (C=O) groups is 2. The molecule has 1 atom stereocenters. The number of fused-ring (bicyclic) bond motifs is 1. The maximum absolute atomic E-state index is 14.5. The number of nitrogens with zero attached hydrogens (tertiary/aromatic N) is 3. The van der Waals surface area contributed by atoms with Gasteiger partial charge in [0.1, 0.15) is 5.82 Å². The van der Waals surface area contributed by atoms with Gasteiger partial charge in [0.15, 0.2) is 5.01 Å². The Morgan fingerprint density at radius 1 is 1.14 bits per heavy atom. The van der Waals surface area contributed by atoms with Crippen molar-refractivity contribution in [3.63, 3.8) is 0 Å². The Morgan fingerprint density at radius 3 is 2.67 bits per heavy atom. The van der Waals surface area contributed by atoms with E-state index >= 15 is 0 Å². The lowest BCUT2D eigenvalue weighted by Crippen LogP contribution is -2.53. The highest BCUT2D eigenvalue weighted by molar-refractivity contribution is 7.11. The summed E-state index contributed by atoms with van der Waals surface area (Å²) in [4.78, 5) is 36.5. The van der Waals surface area contributed by atoms with Crippen LogP contribution in [0.3, 0.4) is 0 Å². The van der Waals surface area contributed by atoms with E-state index < -0.39 is 0 Å². The van der Waals surface area contributed by atoms with Crippen LogP contribution in [0.15, 0.2) is 60.2 Å². The molecular weight excluding hydrogens is 481 g/mol.